The van der Waals surface area contributed by atoms with Gasteiger partial charge >= 0.3 is 11.9 Å². The number of aromatic carboxylic acids is 1. The number of carbonyl (C=O) groups excluding carboxylic acids is 1. The third kappa shape index (κ3) is 4.60. The van der Waals surface area contributed by atoms with E-state index in [0.29, 0.717) is 11.3 Å². The van der Waals surface area contributed by atoms with Gasteiger partial charge in [0.2, 0.25) is 0 Å². The Kier molecular flexibility index (Phi) is 6.99. The SMILES string of the molecule is COCCOC(=O)/C(C#N)=C/c1cc(C)n(-c2ccc(Cl)c(C(=O)O)c2)c1C. The molecule has 0 amide bonds. The molecule has 1 heterocycles. The van der Waals surface area contributed by atoms with Crippen LogP contribution in [0.4, 0.5) is 0 Å². The number of hydrogen-bond donors (Lipinski definition) is 1. The van der Waals surface area contributed by atoms with E-state index in [-0.39, 0.29) is 29.4 Å². The topological polar surface area (TPSA) is 102 Å². The van der Waals surface area contributed by atoms with Gasteiger partial charge < -0.3 is 19.1 Å². The second-order valence-electron chi connectivity index (χ2n) is 5.93. The summed E-state index contributed by atoms with van der Waals surface area (Å²) in [6, 6.07) is 8.33. The molecule has 0 spiro atoms. The highest BCUT2D eigenvalue weighted by Crippen LogP contribution is 2.26. The van der Waals surface area contributed by atoms with E-state index < -0.39 is 11.9 Å². The van der Waals surface area contributed by atoms with E-state index in [1.807, 2.05) is 17.6 Å². The number of nitrogens with zero attached hydrogens (tertiary/aromatic N) is 2. The molecular weight excluding hydrogens is 384 g/mol. The molecule has 146 valence electrons. The fraction of sp³-hybridized carbons (Fsp3) is 0.250. The average Bonchev–Trinajstić information content (AvgIpc) is 2.93. The summed E-state index contributed by atoms with van der Waals surface area (Å²) in [6.07, 6.45) is 1.45. The molecule has 2 rings (SSSR count). The second kappa shape index (κ2) is 9.22. The first-order valence-corrected chi connectivity index (χ1v) is 8.68. The lowest BCUT2D eigenvalue weighted by atomic mass is 10.1. The summed E-state index contributed by atoms with van der Waals surface area (Å²) in [5, 5.41) is 18.7. The number of carboxylic acids is 1. The van der Waals surface area contributed by atoms with E-state index in [0.717, 1.165) is 11.4 Å². The van der Waals surface area contributed by atoms with Crippen molar-refractivity contribution in [1.29, 1.82) is 5.26 Å². The molecule has 0 atom stereocenters. The van der Waals surface area contributed by atoms with Crippen LogP contribution in [0.5, 0.6) is 0 Å². The number of methoxy groups -OCH3 is 1. The van der Waals surface area contributed by atoms with E-state index in [2.05, 4.69) is 0 Å². The zero-order chi connectivity index (χ0) is 20.8. The summed E-state index contributed by atoms with van der Waals surface area (Å²) in [7, 11) is 1.48. The van der Waals surface area contributed by atoms with Gasteiger partial charge in [-0.2, -0.15) is 5.26 Å². The van der Waals surface area contributed by atoms with Gasteiger partial charge in [0.05, 0.1) is 17.2 Å². The molecule has 28 heavy (non-hydrogen) atoms. The van der Waals surface area contributed by atoms with Crippen LogP contribution in [0.15, 0.2) is 29.8 Å². The maximum Gasteiger partial charge on any atom is 0.348 e. The number of benzene rings is 1. The third-order valence-corrected chi connectivity index (χ3v) is 4.40. The largest absolute Gasteiger partial charge is 0.478 e. The van der Waals surface area contributed by atoms with Gasteiger partial charge in [-0.1, -0.05) is 11.6 Å². The van der Waals surface area contributed by atoms with E-state index in [9.17, 15) is 20.0 Å². The summed E-state index contributed by atoms with van der Waals surface area (Å²) in [6.45, 7) is 3.93. The van der Waals surface area contributed by atoms with E-state index in [1.165, 1.54) is 25.3 Å². The monoisotopic (exact) mass is 402 g/mol. The van der Waals surface area contributed by atoms with Crippen LogP contribution in [0.3, 0.4) is 0 Å². The average molecular weight is 403 g/mol. The minimum atomic E-state index is -1.12. The summed E-state index contributed by atoms with van der Waals surface area (Å²) in [4.78, 5) is 23.4. The number of carbonyl (C=O) groups is 2. The summed E-state index contributed by atoms with van der Waals surface area (Å²) < 4.78 is 11.6. The lowest BCUT2D eigenvalue weighted by Crippen LogP contribution is -2.11. The quantitative estimate of drug-likeness (QED) is 0.329. The fourth-order valence-corrected chi connectivity index (χ4v) is 2.93. The van der Waals surface area contributed by atoms with Crippen LogP contribution in [0, 0.1) is 25.2 Å². The van der Waals surface area contributed by atoms with E-state index >= 15 is 0 Å². The summed E-state index contributed by atoms with van der Waals surface area (Å²) >= 11 is 5.94. The van der Waals surface area contributed by atoms with Crippen LogP contribution in [0.25, 0.3) is 11.8 Å². The molecule has 0 aliphatic rings. The van der Waals surface area contributed by atoms with E-state index in [4.69, 9.17) is 21.1 Å². The molecule has 1 N–H and O–H groups in total. The highest BCUT2D eigenvalue weighted by molar-refractivity contribution is 6.33. The maximum absolute atomic E-state index is 12.0. The molecule has 1 aromatic heterocycles. The number of aryl methyl sites for hydroxylation is 1. The number of hydrogen-bond acceptors (Lipinski definition) is 5. The first-order valence-electron chi connectivity index (χ1n) is 8.30. The van der Waals surface area contributed by atoms with Crippen molar-refractivity contribution in [1.82, 2.24) is 4.57 Å². The lowest BCUT2D eigenvalue weighted by molar-refractivity contribution is -0.139. The number of halogens is 1. The molecule has 0 unspecified atom stereocenters. The smallest absolute Gasteiger partial charge is 0.348 e. The Morgan fingerprint density at radius 3 is 2.61 bits per heavy atom. The Balaban J connectivity index is 2.43. The molecule has 0 bridgehead atoms. The van der Waals surface area contributed by atoms with Gasteiger partial charge in [-0.05, 0) is 49.8 Å². The van der Waals surface area contributed by atoms with Crippen LogP contribution in [0.1, 0.15) is 27.3 Å². The van der Waals surface area contributed by atoms with Crippen LogP contribution in [-0.4, -0.2) is 41.9 Å². The van der Waals surface area contributed by atoms with Gasteiger partial charge in [0.25, 0.3) is 0 Å². The first-order chi connectivity index (χ1) is 13.3. The van der Waals surface area contributed by atoms with Crippen molar-refractivity contribution in [2.75, 3.05) is 20.3 Å². The number of ether oxygens (including phenoxy) is 2. The Bertz CT molecular complexity index is 985. The molecule has 7 nitrogen and oxygen atoms in total. The molecule has 0 fully saturated rings. The number of esters is 1. The Labute approximate surface area is 167 Å². The van der Waals surface area contributed by atoms with Crippen molar-refractivity contribution in [2.24, 2.45) is 0 Å². The Hall–Kier alpha value is -3.08. The molecule has 0 radical (unpaired) electrons. The van der Waals surface area contributed by atoms with Crippen LogP contribution < -0.4 is 0 Å². The minimum Gasteiger partial charge on any atom is -0.478 e. The Morgan fingerprint density at radius 1 is 1.29 bits per heavy atom. The predicted molar refractivity (Wildman–Crippen MR) is 104 cm³/mol. The summed E-state index contributed by atoms with van der Waals surface area (Å²) in [5.41, 5.74) is 2.63. The predicted octanol–water partition coefficient (Wildman–Crippen LogP) is 3.54. The number of rotatable bonds is 7. The molecule has 0 saturated heterocycles. The van der Waals surface area contributed by atoms with Gasteiger partial charge in [0.15, 0.2) is 0 Å². The van der Waals surface area contributed by atoms with Crippen molar-refractivity contribution in [3.63, 3.8) is 0 Å². The third-order valence-electron chi connectivity index (χ3n) is 4.07. The first kappa shape index (κ1) is 21.2. The normalized spacial score (nSPS) is 11.2. The van der Waals surface area contributed by atoms with Gasteiger partial charge in [-0.25, -0.2) is 9.59 Å². The number of nitriles is 1. The highest BCUT2D eigenvalue weighted by atomic mass is 35.5. The van der Waals surface area contributed by atoms with Crippen LogP contribution in [0.2, 0.25) is 5.02 Å². The van der Waals surface area contributed by atoms with Crippen molar-refractivity contribution in [3.8, 4) is 11.8 Å². The fourth-order valence-electron chi connectivity index (χ4n) is 2.74. The molecule has 2 aromatic rings. The van der Waals surface area contributed by atoms with Crippen molar-refractivity contribution in [3.05, 3.63) is 57.4 Å². The van der Waals surface area contributed by atoms with Crippen LogP contribution in [-0.2, 0) is 14.3 Å². The standard InChI is InChI=1S/C20H19ClN2O5/c1-12-8-14(9-15(11-22)20(26)28-7-6-27-3)13(2)23(12)16-4-5-18(21)17(10-16)19(24)25/h4-5,8-10H,6-7H2,1-3H3,(H,24,25)/b15-9+. The molecule has 1 aromatic carbocycles. The second-order valence-corrected chi connectivity index (χ2v) is 6.34. The minimum absolute atomic E-state index is 0.0109. The van der Waals surface area contributed by atoms with E-state index in [1.54, 1.807) is 19.1 Å². The van der Waals surface area contributed by atoms with Crippen molar-refractivity contribution < 1.29 is 24.2 Å². The summed E-state index contributed by atoms with van der Waals surface area (Å²) in [5.74, 6) is -1.86. The zero-order valence-electron chi connectivity index (χ0n) is 15.7. The molecular formula is C20H19ClN2O5. The molecule has 0 saturated carbocycles. The molecule has 0 aliphatic carbocycles. The van der Waals surface area contributed by atoms with Crippen molar-refractivity contribution in [2.45, 2.75) is 13.8 Å². The van der Waals surface area contributed by atoms with Crippen LogP contribution >= 0.6 is 11.6 Å². The highest BCUT2D eigenvalue weighted by Gasteiger charge is 2.16. The van der Waals surface area contributed by atoms with Gasteiger partial charge in [-0.15, -0.1) is 0 Å². The maximum atomic E-state index is 12.0. The van der Waals surface area contributed by atoms with Gasteiger partial charge in [-0.3, -0.25) is 0 Å². The number of aromatic nitrogens is 1. The van der Waals surface area contributed by atoms with Crippen molar-refractivity contribution >= 4 is 29.6 Å². The van der Waals surface area contributed by atoms with Gasteiger partial charge in [0.1, 0.15) is 18.2 Å². The number of carboxylic acid groups (broad SMARTS) is 1. The molecule has 0 aliphatic heterocycles. The zero-order valence-corrected chi connectivity index (χ0v) is 16.4. The Morgan fingerprint density at radius 2 is 2.00 bits per heavy atom. The molecule has 8 heteroatoms. The van der Waals surface area contributed by atoms with Gasteiger partial charge in [0, 0.05) is 24.2 Å². The lowest BCUT2D eigenvalue weighted by Gasteiger charge is -2.11.